The summed E-state index contributed by atoms with van der Waals surface area (Å²) in [6, 6.07) is 68.6. The average Bonchev–Trinajstić information content (AvgIpc) is 3.53. The zero-order chi connectivity index (χ0) is 33.9. The van der Waals surface area contributed by atoms with Gasteiger partial charge in [0.15, 0.2) is 0 Å². The van der Waals surface area contributed by atoms with Crippen molar-refractivity contribution < 1.29 is 0 Å². The van der Waals surface area contributed by atoms with Crippen LogP contribution in [0.25, 0.3) is 70.9 Å². The number of nitrogens with zero attached hydrogens (tertiary/aromatic N) is 2. The Morgan fingerprint density at radius 2 is 0.882 bits per heavy atom. The number of anilines is 3. The Kier molecular flexibility index (Phi) is 6.75. The molecular weight excluding hydrogens is 617 g/mol. The van der Waals surface area contributed by atoms with Gasteiger partial charge in [0, 0.05) is 33.4 Å². The molecule has 0 N–H and O–H groups in total. The molecule has 10 rings (SSSR count). The fourth-order valence-corrected chi connectivity index (χ4v) is 8.16. The van der Waals surface area contributed by atoms with Crippen LogP contribution in [0.15, 0.2) is 188 Å². The monoisotopic (exact) mass is 650 g/mol. The van der Waals surface area contributed by atoms with Crippen LogP contribution in [0.1, 0.15) is 5.56 Å². The Labute approximate surface area is 297 Å². The van der Waals surface area contributed by atoms with Crippen molar-refractivity contribution in [1.82, 2.24) is 4.57 Å². The molecule has 0 saturated carbocycles. The lowest BCUT2D eigenvalue weighted by Gasteiger charge is -2.28. The van der Waals surface area contributed by atoms with Gasteiger partial charge in [0.2, 0.25) is 0 Å². The summed E-state index contributed by atoms with van der Waals surface area (Å²) in [5.74, 6) is 0. The lowest BCUT2D eigenvalue weighted by atomic mass is 9.94. The number of aryl methyl sites for hydroxylation is 1. The second-order valence-electron chi connectivity index (χ2n) is 13.4. The quantitative estimate of drug-likeness (QED) is 0.168. The molecule has 0 aliphatic carbocycles. The Balaban J connectivity index is 1.26. The highest BCUT2D eigenvalue weighted by Gasteiger charge is 2.20. The molecule has 0 aliphatic heterocycles. The van der Waals surface area contributed by atoms with Gasteiger partial charge in [-0.15, -0.1) is 0 Å². The van der Waals surface area contributed by atoms with E-state index in [-0.39, 0.29) is 0 Å². The predicted molar refractivity (Wildman–Crippen MR) is 218 cm³/mol. The summed E-state index contributed by atoms with van der Waals surface area (Å²) in [6.07, 6.45) is 0. The summed E-state index contributed by atoms with van der Waals surface area (Å²) >= 11 is 0. The number of hydrogen-bond acceptors (Lipinski definition) is 1. The van der Waals surface area contributed by atoms with Gasteiger partial charge in [-0.25, -0.2) is 0 Å². The first-order valence-corrected chi connectivity index (χ1v) is 17.6. The second-order valence-corrected chi connectivity index (χ2v) is 13.4. The molecule has 1 heterocycles. The minimum absolute atomic E-state index is 1.11. The molecule has 0 unspecified atom stereocenters. The van der Waals surface area contributed by atoms with E-state index in [0.717, 1.165) is 17.1 Å². The van der Waals surface area contributed by atoms with Gasteiger partial charge in [0.25, 0.3) is 0 Å². The molecule has 0 spiro atoms. The molecule has 10 aromatic rings. The third kappa shape index (κ3) is 4.65. The lowest BCUT2D eigenvalue weighted by Crippen LogP contribution is -2.11. The van der Waals surface area contributed by atoms with Crippen LogP contribution >= 0.6 is 0 Å². The van der Waals surface area contributed by atoms with Gasteiger partial charge < -0.3 is 9.47 Å². The lowest BCUT2D eigenvalue weighted by molar-refractivity contribution is 1.18. The van der Waals surface area contributed by atoms with Crippen LogP contribution in [0.3, 0.4) is 0 Å². The minimum atomic E-state index is 1.11. The van der Waals surface area contributed by atoms with Crippen molar-refractivity contribution in [2.45, 2.75) is 6.92 Å². The summed E-state index contributed by atoms with van der Waals surface area (Å²) < 4.78 is 2.45. The summed E-state index contributed by atoms with van der Waals surface area (Å²) in [6.45, 7) is 2.21. The number of hydrogen-bond donors (Lipinski definition) is 0. The third-order valence-corrected chi connectivity index (χ3v) is 10.5. The van der Waals surface area contributed by atoms with Crippen LogP contribution in [-0.4, -0.2) is 4.57 Å². The van der Waals surface area contributed by atoms with Crippen LogP contribution in [0.4, 0.5) is 17.1 Å². The van der Waals surface area contributed by atoms with Gasteiger partial charge >= 0.3 is 0 Å². The zero-order valence-corrected chi connectivity index (χ0v) is 28.3. The Hall–Kier alpha value is -6.64. The number of benzene rings is 9. The van der Waals surface area contributed by atoms with Crippen molar-refractivity contribution in [2.24, 2.45) is 0 Å². The van der Waals surface area contributed by atoms with Crippen LogP contribution in [-0.2, 0) is 0 Å². The Morgan fingerprint density at radius 1 is 0.373 bits per heavy atom. The van der Waals surface area contributed by atoms with E-state index in [1.807, 2.05) is 0 Å². The second kappa shape index (κ2) is 11.8. The molecule has 0 saturated heterocycles. The first-order valence-electron chi connectivity index (χ1n) is 17.6. The highest BCUT2D eigenvalue weighted by molar-refractivity contribution is 6.26. The largest absolute Gasteiger partial charge is 0.310 e. The molecule has 0 atom stereocenters. The fraction of sp³-hybridized carbons (Fsp3) is 0.0204. The molecule has 2 nitrogen and oxygen atoms in total. The standard InChI is InChI=1S/C49H34N2/c1-33-15-5-12-24-46(33)50(35-27-29-42-40-21-7-6-19-38(40)39-20-8-9-22-41(39)45(42)31-35)36-28-30-44-43-23-11-14-26-48(43)51(49(44)32-36)47-25-13-10-18-37(47)34-16-3-2-4-17-34/h2-32H,1H3. The number of rotatable bonds is 5. The van der Waals surface area contributed by atoms with Gasteiger partial charge in [0.1, 0.15) is 0 Å². The SMILES string of the molecule is Cc1ccccc1N(c1ccc2c3ccccc3c3ccccc3c2c1)c1ccc2c3ccccc3n(-c3ccccc3-c3ccccc3)c2c1. The molecular formula is C49H34N2. The van der Waals surface area contributed by atoms with E-state index in [4.69, 9.17) is 0 Å². The van der Waals surface area contributed by atoms with E-state index >= 15 is 0 Å². The molecule has 1 aromatic heterocycles. The van der Waals surface area contributed by atoms with E-state index in [2.05, 4.69) is 204 Å². The van der Waals surface area contributed by atoms with Crippen molar-refractivity contribution in [3.63, 3.8) is 0 Å². The van der Waals surface area contributed by atoms with Crippen LogP contribution < -0.4 is 4.90 Å². The molecule has 0 radical (unpaired) electrons. The smallest absolute Gasteiger partial charge is 0.0562 e. The molecule has 0 fully saturated rings. The average molecular weight is 651 g/mol. The molecule has 0 aliphatic rings. The highest BCUT2D eigenvalue weighted by Crippen LogP contribution is 2.44. The van der Waals surface area contributed by atoms with Gasteiger partial charge in [-0.1, -0.05) is 146 Å². The number of aromatic nitrogens is 1. The summed E-state index contributed by atoms with van der Waals surface area (Å²) in [4.78, 5) is 2.43. The third-order valence-electron chi connectivity index (χ3n) is 10.5. The van der Waals surface area contributed by atoms with E-state index < -0.39 is 0 Å². The fourth-order valence-electron chi connectivity index (χ4n) is 8.16. The molecule has 2 heteroatoms. The van der Waals surface area contributed by atoms with Crippen LogP contribution in [0.2, 0.25) is 0 Å². The van der Waals surface area contributed by atoms with Crippen molar-refractivity contribution in [1.29, 1.82) is 0 Å². The molecule has 240 valence electrons. The first-order chi connectivity index (χ1) is 25.2. The van der Waals surface area contributed by atoms with Crippen molar-refractivity contribution >= 4 is 71.2 Å². The van der Waals surface area contributed by atoms with Gasteiger partial charge in [-0.3, -0.25) is 0 Å². The van der Waals surface area contributed by atoms with E-state index in [1.165, 1.54) is 76.5 Å². The summed E-state index contributed by atoms with van der Waals surface area (Å²) in [5.41, 5.74) is 10.6. The van der Waals surface area contributed by atoms with Gasteiger partial charge in [-0.2, -0.15) is 0 Å². The molecule has 9 aromatic carbocycles. The normalized spacial score (nSPS) is 11.6. The highest BCUT2D eigenvalue weighted by atomic mass is 15.1. The van der Waals surface area contributed by atoms with Crippen molar-refractivity contribution in [3.8, 4) is 16.8 Å². The predicted octanol–water partition coefficient (Wildman–Crippen LogP) is 13.7. The topological polar surface area (TPSA) is 8.17 Å². The van der Waals surface area contributed by atoms with Crippen molar-refractivity contribution in [2.75, 3.05) is 4.90 Å². The molecule has 0 bridgehead atoms. The minimum Gasteiger partial charge on any atom is -0.310 e. The van der Waals surface area contributed by atoms with Crippen molar-refractivity contribution in [3.05, 3.63) is 194 Å². The molecule has 0 amide bonds. The van der Waals surface area contributed by atoms with Crippen LogP contribution in [0, 0.1) is 6.92 Å². The maximum Gasteiger partial charge on any atom is 0.0562 e. The van der Waals surface area contributed by atoms with Gasteiger partial charge in [0.05, 0.1) is 16.7 Å². The zero-order valence-electron chi connectivity index (χ0n) is 28.3. The van der Waals surface area contributed by atoms with E-state index in [9.17, 15) is 0 Å². The maximum atomic E-state index is 2.45. The summed E-state index contributed by atoms with van der Waals surface area (Å²) in [7, 11) is 0. The Bertz CT molecular complexity index is 2900. The number of para-hydroxylation sites is 3. The van der Waals surface area contributed by atoms with Gasteiger partial charge in [-0.05, 0) is 92.8 Å². The Morgan fingerprint density at radius 3 is 1.61 bits per heavy atom. The first kappa shape index (κ1) is 29.3. The van der Waals surface area contributed by atoms with Crippen LogP contribution in [0.5, 0.6) is 0 Å². The maximum absolute atomic E-state index is 2.45. The number of fused-ring (bicyclic) bond motifs is 9. The van der Waals surface area contributed by atoms with E-state index in [0.29, 0.717) is 0 Å². The molecule has 51 heavy (non-hydrogen) atoms. The van der Waals surface area contributed by atoms with E-state index in [1.54, 1.807) is 0 Å². The summed E-state index contributed by atoms with van der Waals surface area (Å²) in [5, 5.41) is 10.1.